The number of nitrogens with zero attached hydrogens (tertiary/aromatic N) is 3. The van der Waals surface area contributed by atoms with Gasteiger partial charge in [-0.1, -0.05) is 24.6 Å². The van der Waals surface area contributed by atoms with Gasteiger partial charge < -0.3 is 5.32 Å². The summed E-state index contributed by atoms with van der Waals surface area (Å²) in [5.74, 6) is 1.31. The first-order valence-corrected chi connectivity index (χ1v) is 8.93. The zero-order valence-corrected chi connectivity index (χ0v) is 14.3. The van der Waals surface area contributed by atoms with E-state index in [1.54, 1.807) is 24.3 Å². The molecular formula is C17H19N5OS. The number of rotatable bonds is 5. The van der Waals surface area contributed by atoms with Crippen LogP contribution in [-0.2, 0) is 4.79 Å². The molecule has 0 saturated heterocycles. The van der Waals surface area contributed by atoms with Crippen molar-refractivity contribution in [2.24, 2.45) is 0 Å². The van der Waals surface area contributed by atoms with Crippen LogP contribution in [-0.4, -0.2) is 26.3 Å². The lowest BCUT2D eigenvalue weighted by atomic mass is 10.1. The molecule has 1 fully saturated rings. The van der Waals surface area contributed by atoms with E-state index in [0.29, 0.717) is 22.3 Å². The average Bonchev–Trinajstić information content (AvgIpc) is 3.26. The molecule has 0 radical (unpaired) electrons. The van der Waals surface area contributed by atoms with Crippen LogP contribution in [0, 0.1) is 11.3 Å². The van der Waals surface area contributed by atoms with Gasteiger partial charge in [-0.3, -0.25) is 9.89 Å². The van der Waals surface area contributed by atoms with Crippen LogP contribution in [0.25, 0.3) is 0 Å². The number of hydrogen-bond donors (Lipinski definition) is 2. The molecule has 6 nitrogen and oxygen atoms in total. The zero-order valence-electron chi connectivity index (χ0n) is 13.5. The van der Waals surface area contributed by atoms with E-state index in [2.05, 4.69) is 26.6 Å². The second kappa shape index (κ2) is 7.49. The molecule has 1 aromatic carbocycles. The number of H-pyrrole nitrogens is 1. The highest BCUT2D eigenvalue weighted by Crippen LogP contribution is 2.33. The standard InChI is InChI=1S/C17H19N5OS/c1-11(16(23)19-14-8-6-12(10-18)7-9-14)24-17-20-15(21-22-17)13-4-2-3-5-13/h6-9,11,13H,2-5H2,1H3,(H,19,23)(H,20,21,22). The Labute approximate surface area is 145 Å². The molecule has 1 amide bonds. The molecule has 0 bridgehead atoms. The lowest BCUT2D eigenvalue weighted by Gasteiger charge is -2.10. The van der Waals surface area contributed by atoms with Crippen molar-refractivity contribution in [2.75, 3.05) is 5.32 Å². The van der Waals surface area contributed by atoms with E-state index in [0.717, 1.165) is 18.7 Å². The molecule has 1 atom stereocenters. The van der Waals surface area contributed by atoms with Gasteiger partial charge in [0.25, 0.3) is 0 Å². The molecule has 0 spiro atoms. The van der Waals surface area contributed by atoms with Crippen molar-refractivity contribution in [3.63, 3.8) is 0 Å². The highest BCUT2D eigenvalue weighted by atomic mass is 32.2. The number of amides is 1. The zero-order chi connectivity index (χ0) is 16.9. The van der Waals surface area contributed by atoms with Crippen LogP contribution >= 0.6 is 11.8 Å². The Morgan fingerprint density at radius 1 is 1.38 bits per heavy atom. The molecule has 1 saturated carbocycles. The van der Waals surface area contributed by atoms with Crippen LogP contribution in [0.5, 0.6) is 0 Å². The third-order valence-corrected chi connectivity index (χ3v) is 5.12. The summed E-state index contributed by atoms with van der Waals surface area (Å²) in [6.07, 6.45) is 4.82. The van der Waals surface area contributed by atoms with E-state index >= 15 is 0 Å². The molecule has 24 heavy (non-hydrogen) atoms. The van der Waals surface area contributed by atoms with Crippen LogP contribution in [0.4, 0.5) is 5.69 Å². The lowest BCUT2D eigenvalue weighted by Crippen LogP contribution is -2.22. The normalized spacial score (nSPS) is 15.8. The van der Waals surface area contributed by atoms with Crippen LogP contribution in [0.3, 0.4) is 0 Å². The van der Waals surface area contributed by atoms with Gasteiger partial charge in [0.15, 0.2) is 0 Å². The van der Waals surface area contributed by atoms with Gasteiger partial charge in [-0.05, 0) is 44.0 Å². The SMILES string of the molecule is CC(Sc1n[nH]c(C2CCCC2)n1)C(=O)Nc1ccc(C#N)cc1. The number of carbonyl (C=O) groups excluding carboxylic acids is 1. The number of anilines is 1. The minimum atomic E-state index is -0.312. The maximum Gasteiger partial charge on any atom is 0.237 e. The van der Waals surface area contributed by atoms with Crippen molar-refractivity contribution in [1.29, 1.82) is 5.26 Å². The average molecular weight is 341 g/mol. The van der Waals surface area contributed by atoms with Gasteiger partial charge in [0, 0.05) is 11.6 Å². The summed E-state index contributed by atoms with van der Waals surface area (Å²) < 4.78 is 0. The van der Waals surface area contributed by atoms with Crippen molar-refractivity contribution in [1.82, 2.24) is 15.2 Å². The van der Waals surface area contributed by atoms with Crippen molar-refractivity contribution in [3.05, 3.63) is 35.7 Å². The van der Waals surface area contributed by atoms with Gasteiger partial charge in [0.2, 0.25) is 11.1 Å². The molecule has 124 valence electrons. The van der Waals surface area contributed by atoms with Crippen molar-refractivity contribution in [3.8, 4) is 6.07 Å². The Bertz CT molecular complexity index is 743. The summed E-state index contributed by atoms with van der Waals surface area (Å²) >= 11 is 1.34. The minimum absolute atomic E-state index is 0.114. The summed E-state index contributed by atoms with van der Waals surface area (Å²) in [4.78, 5) is 16.8. The summed E-state index contributed by atoms with van der Waals surface area (Å²) in [5.41, 5.74) is 1.24. The van der Waals surface area contributed by atoms with Gasteiger partial charge in [0.05, 0.1) is 16.9 Å². The molecule has 1 aliphatic rings. The Kier molecular flexibility index (Phi) is 5.16. The smallest absolute Gasteiger partial charge is 0.237 e. The molecule has 1 aliphatic carbocycles. The summed E-state index contributed by atoms with van der Waals surface area (Å²) in [6, 6.07) is 8.85. The van der Waals surface area contributed by atoms with E-state index in [-0.39, 0.29) is 11.2 Å². The first-order chi connectivity index (χ1) is 11.7. The number of thioether (sulfide) groups is 1. The first kappa shape index (κ1) is 16.5. The third kappa shape index (κ3) is 3.95. The minimum Gasteiger partial charge on any atom is -0.325 e. The van der Waals surface area contributed by atoms with Gasteiger partial charge in [-0.2, -0.15) is 5.26 Å². The Hall–Kier alpha value is -2.33. The highest BCUT2D eigenvalue weighted by Gasteiger charge is 2.22. The fourth-order valence-electron chi connectivity index (χ4n) is 2.78. The van der Waals surface area contributed by atoms with E-state index in [9.17, 15) is 4.79 Å². The molecule has 2 N–H and O–H groups in total. The Morgan fingerprint density at radius 2 is 2.08 bits per heavy atom. The molecule has 2 aromatic rings. The number of aromatic nitrogens is 3. The second-order valence-electron chi connectivity index (χ2n) is 5.92. The summed E-state index contributed by atoms with van der Waals surface area (Å²) in [6.45, 7) is 1.83. The molecular weight excluding hydrogens is 322 g/mol. The number of hydrogen-bond acceptors (Lipinski definition) is 5. The Morgan fingerprint density at radius 3 is 2.75 bits per heavy atom. The predicted molar refractivity (Wildman–Crippen MR) is 92.7 cm³/mol. The number of nitriles is 1. The van der Waals surface area contributed by atoms with Gasteiger partial charge >= 0.3 is 0 Å². The second-order valence-corrected chi connectivity index (χ2v) is 7.23. The number of nitrogens with one attached hydrogen (secondary N) is 2. The van der Waals surface area contributed by atoms with Gasteiger partial charge in [-0.15, -0.1) is 5.10 Å². The van der Waals surface area contributed by atoms with E-state index in [1.807, 2.05) is 6.92 Å². The maximum atomic E-state index is 12.3. The van der Waals surface area contributed by atoms with Crippen molar-refractivity contribution >= 4 is 23.4 Å². The van der Waals surface area contributed by atoms with Gasteiger partial charge in [0.1, 0.15) is 5.82 Å². The molecule has 0 aliphatic heterocycles. The van der Waals surface area contributed by atoms with Gasteiger partial charge in [-0.25, -0.2) is 4.98 Å². The molecule has 3 rings (SSSR count). The quantitative estimate of drug-likeness (QED) is 0.812. The third-order valence-electron chi connectivity index (χ3n) is 4.16. The molecule has 1 unspecified atom stereocenters. The fourth-order valence-corrected chi connectivity index (χ4v) is 3.51. The van der Waals surface area contributed by atoms with E-state index in [4.69, 9.17) is 5.26 Å². The van der Waals surface area contributed by atoms with Crippen molar-refractivity contribution < 1.29 is 4.79 Å². The Balaban J connectivity index is 1.56. The molecule has 1 aromatic heterocycles. The largest absolute Gasteiger partial charge is 0.325 e. The number of carbonyl (C=O) groups is 1. The highest BCUT2D eigenvalue weighted by molar-refractivity contribution is 8.00. The number of aromatic amines is 1. The predicted octanol–water partition coefficient (Wildman–Crippen LogP) is 3.45. The van der Waals surface area contributed by atoms with Crippen molar-refractivity contribution in [2.45, 2.75) is 48.9 Å². The van der Waals surface area contributed by atoms with E-state index in [1.165, 1.54) is 24.6 Å². The lowest BCUT2D eigenvalue weighted by molar-refractivity contribution is -0.115. The van der Waals surface area contributed by atoms with Crippen LogP contribution in [0.1, 0.15) is 49.9 Å². The van der Waals surface area contributed by atoms with Crippen LogP contribution in [0.2, 0.25) is 0 Å². The van der Waals surface area contributed by atoms with Crippen LogP contribution in [0.15, 0.2) is 29.4 Å². The number of benzene rings is 1. The first-order valence-electron chi connectivity index (χ1n) is 8.05. The monoisotopic (exact) mass is 341 g/mol. The van der Waals surface area contributed by atoms with E-state index < -0.39 is 0 Å². The van der Waals surface area contributed by atoms with Crippen LogP contribution < -0.4 is 5.32 Å². The fraction of sp³-hybridized carbons (Fsp3) is 0.412. The molecule has 1 heterocycles. The molecule has 7 heteroatoms. The summed E-state index contributed by atoms with van der Waals surface area (Å²) in [7, 11) is 0. The maximum absolute atomic E-state index is 12.3. The topological polar surface area (TPSA) is 94.5 Å². The summed E-state index contributed by atoms with van der Waals surface area (Å²) in [5, 5.41) is 19.2.